The van der Waals surface area contributed by atoms with E-state index in [9.17, 15) is 19.2 Å². The standard InChI is InChI=1S/C21H21N3O5/c1-14(25)15-6-5-7-16(12-15)24-20(27)17-8-3-4-9-18(17)23(21(24)28)13-19(26)22-10-11-29-2/h3-9,12H,10-11,13H2,1-2H3,(H,22,26). The maximum atomic E-state index is 13.2. The van der Waals surface area contributed by atoms with E-state index in [-0.39, 0.29) is 23.9 Å². The van der Waals surface area contributed by atoms with Crippen LogP contribution in [0.1, 0.15) is 17.3 Å². The molecule has 0 fully saturated rings. The number of carbonyl (C=O) groups excluding carboxylic acids is 2. The van der Waals surface area contributed by atoms with Gasteiger partial charge in [-0.05, 0) is 31.2 Å². The monoisotopic (exact) mass is 395 g/mol. The molecule has 2 aromatic carbocycles. The lowest BCUT2D eigenvalue weighted by Gasteiger charge is -2.14. The van der Waals surface area contributed by atoms with Gasteiger partial charge in [-0.15, -0.1) is 0 Å². The van der Waals surface area contributed by atoms with E-state index < -0.39 is 11.2 Å². The number of fused-ring (bicyclic) bond motifs is 1. The molecule has 0 saturated carbocycles. The molecule has 0 spiro atoms. The Morgan fingerprint density at radius 1 is 1.07 bits per heavy atom. The molecule has 0 aliphatic carbocycles. The summed E-state index contributed by atoms with van der Waals surface area (Å²) < 4.78 is 7.14. The zero-order chi connectivity index (χ0) is 21.0. The van der Waals surface area contributed by atoms with E-state index in [4.69, 9.17) is 4.74 Å². The summed E-state index contributed by atoms with van der Waals surface area (Å²) >= 11 is 0. The fraction of sp³-hybridized carbons (Fsp3) is 0.238. The van der Waals surface area contributed by atoms with Crippen molar-refractivity contribution in [3.8, 4) is 5.69 Å². The molecule has 0 aliphatic rings. The molecule has 29 heavy (non-hydrogen) atoms. The van der Waals surface area contributed by atoms with Gasteiger partial charge in [0.05, 0.1) is 23.2 Å². The summed E-state index contributed by atoms with van der Waals surface area (Å²) in [6, 6.07) is 12.9. The molecule has 1 N–H and O–H groups in total. The van der Waals surface area contributed by atoms with Crippen LogP contribution >= 0.6 is 0 Å². The van der Waals surface area contributed by atoms with Crippen LogP contribution in [0, 0.1) is 0 Å². The Morgan fingerprint density at radius 2 is 1.83 bits per heavy atom. The first-order chi connectivity index (χ1) is 13.9. The zero-order valence-corrected chi connectivity index (χ0v) is 16.2. The van der Waals surface area contributed by atoms with E-state index in [1.165, 1.54) is 24.7 Å². The van der Waals surface area contributed by atoms with Crippen molar-refractivity contribution in [3.05, 3.63) is 74.9 Å². The summed E-state index contributed by atoms with van der Waals surface area (Å²) in [6.45, 7) is 1.81. The number of ketones is 1. The number of amides is 1. The molecule has 0 radical (unpaired) electrons. The summed E-state index contributed by atoms with van der Waals surface area (Å²) in [6.07, 6.45) is 0. The molecule has 1 heterocycles. The molecule has 0 bridgehead atoms. The number of ether oxygens (including phenoxy) is 1. The number of hydrogen-bond acceptors (Lipinski definition) is 5. The molecule has 8 heteroatoms. The lowest BCUT2D eigenvalue weighted by molar-refractivity contribution is -0.121. The summed E-state index contributed by atoms with van der Waals surface area (Å²) in [4.78, 5) is 50.2. The van der Waals surface area contributed by atoms with E-state index in [2.05, 4.69) is 5.32 Å². The Labute approximate surface area is 166 Å². The van der Waals surface area contributed by atoms with Gasteiger partial charge in [0, 0.05) is 19.2 Å². The molecule has 8 nitrogen and oxygen atoms in total. The summed E-state index contributed by atoms with van der Waals surface area (Å²) in [5.41, 5.74) is -0.153. The highest BCUT2D eigenvalue weighted by Crippen LogP contribution is 2.12. The Bertz CT molecular complexity index is 1190. The van der Waals surface area contributed by atoms with Gasteiger partial charge >= 0.3 is 5.69 Å². The molecule has 0 saturated heterocycles. The topological polar surface area (TPSA) is 99.4 Å². The van der Waals surface area contributed by atoms with Crippen LogP contribution in [0.5, 0.6) is 0 Å². The van der Waals surface area contributed by atoms with Gasteiger partial charge in [-0.2, -0.15) is 0 Å². The lowest BCUT2D eigenvalue weighted by Crippen LogP contribution is -2.42. The quantitative estimate of drug-likeness (QED) is 0.477. The van der Waals surface area contributed by atoms with Gasteiger partial charge < -0.3 is 10.1 Å². The highest BCUT2D eigenvalue weighted by molar-refractivity contribution is 5.94. The third kappa shape index (κ3) is 4.17. The smallest absolute Gasteiger partial charge is 0.336 e. The molecule has 1 aromatic heterocycles. The number of benzene rings is 2. The van der Waals surface area contributed by atoms with Gasteiger partial charge in [-0.3, -0.25) is 19.0 Å². The first-order valence-corrected chi connectivity index (χ1v) is 9.05. The molecule has 150 valence electrons. The molecule has 0 atom stereocenters. The molecule has 1 amide bonds. The largest absolute Gasteiger partial charge is 0.383 e. The van der Waals surface area contributed by atoms with Gasteiger partial charge in [-0.1, -0.05) is 24.3 Å². The van der Waals surface area contributed by atoms with E-state index >= 15 is 0 Å². The Kier molecular flexibility index (Phi) is 6.04. The summed E-state index contributed by atoms with van der Waals surface area (Å²) in [5, 5.41) is 2.96. The Hall–Kier alpha value is -3.52. The van der Waals surface area contributed by atoms with E-state index in [0.29, 0.717) is 29.6 Å². The van der Waals surface area contributed by atoms with Crippen LogP contribution in [0.3, 0.4) is 0 Å². The highest BCUT2D eigenvalue weighted by Gasteiger charge is 2.16. The van der Waals surface area contributed by atoms with Crippen molar-refractivity contribution >= 4 is 22.6 Å². The Balaban J connectivity index is 2.18. The number of para-hydroxylation sites is 1. The molecular weight excluding hydrogens is 374 g/mol. The number of methoxy groups -OCH3 is 1. The maximum absolute atomic E-state index is 13.2. The molecule has 3 aromatic rings. The second kappa shape index (κ2) is 8.66. The minimum absolute atomic E-state index is 0.182. The summed E-state index contributed by atoms with van der Waals surface area (Å²) in [5.74, 6) is -0.560. The van der Waals surface area contributed by atoms with Gasteiger partial charge in [0.25, 0.3) is 5.56 Å². The van der Waals surface area contributed by atoms with Crippen LogP contribution in [0.4, 0.5) is 0 Å². The summed E-state index contributed by atoms with van der Waals surface area (Å²) in [7, 11) is 1.52. The van der Waals surface area contributed by atoms with Crippen molar-refractivity contribution in [1.29, 1.82) is 0 Å². The lowest BCUT2D eigenvalue weighted by atomic mass is 10.1. The van der Waals surface area contributed by atoms with Crippen LogP contribution in [-0.2, 0) is 16.1 Å². The minimum atomic E-state index is -0.656. The number of rotatable bonds is 7. The van der Waals surface area contributed by atoms with E-state index in [1.807, 2.05) is 0 Å². The van der Waals surface area contributed by atoms with Crippen LogP contribution in [0.25, 0.3) is 16.6 Å². The first-order valence-electron chi connectivity index (χ1n) is 9.05. The molecule has 0 unspecified atom stereocenters. The van der Waals surface area contributed by atoms with Crippen LogP contribution < -0.4 is 16.6 Å². The fourth-order valence-electron chi connectivity index (χ4n) is 3.06. The SMILES string of the molecule is COCCNC(=O)Cn1c(=O)n(-c2cccc(C(C)=O)c2)c(=O)c2ccccc21. The molecular formula is C21H21N3O5. The van der Waals surface area contributed by atoms with Crippen molar-refractivity contribution < 1.29 is 14.3 Å². The normalized spacial score (nSPS) is 10.8. The van der Waals surface area contributed by atoms with Gasteiger partial charge in [-0.25, -0.2) is 9.36 Å². The highest BCUT2D eigenvalue weighted by atomic mass is 16.5. The van der Waals surface area contributed by atoms with Crippen molar-refractivity contribution in [2.24, 2.45) is 0 Å². The molecule has 0 aliphatic heterocycles. The predicted octanol–water partition coefficient (Wildman–Crippen LogP) is 1.12. The van der Waals surface area contributed by atoms with Crippen LogP contribution in [0.2, 0.25) is 0 Å². The number of aromatic nitrogens is 2. The van der Waals surface area contributed by atoms with Gasteiger partial charge in [0.1, 0.15) is 6.54 Å². The molecule has 3 rings (SSSR count). The van der Waals surface area contributed by atoms with Crippen molar-refractivity contribution in [2.45, 2.75) is 13.5 Å². The van der Waals surface area contributed by atoms with Crippen LogP contribution in [0.15, 0.2) is 58.1 Å². The van der Waals surface area contributed by atoms with E-state index in [0.717, 1.165) is 4.57 Å². The first kappa shape index (κ1) is 20.2. The van der Waals surface area contributed by atoms with Gasteiger partial charge in [0.15, 0.2) is 5.78 Å². The minimum Gasteiger partial charge on any atom is -0.383 e. The zero-order valence-electron chi connectivity index (χ0n) is 16.2. The van der Waals surface area contributed by atoms with E-state index in [1.54, 1.807) is 42.5 Å². The van der Waals surface area contributed by atoms with Crippen molar-refractivity contribution in [2.75, 3.05) is 20.3 Å². The van der Waals surface area contributed by atoms with Crippen LogP contribution in [-0.4, -0.2) is 41.1 Å². The number of Topliss-reactive ketones (excluding diaryl/α,β-unsaturated/α-hetero) is 1. The number of carbonyl (C=O) groups is 2. The average Bonchev–Trinajstić information content (AvgIpc) is 2.71. The van der Waals surface area contributed by atoms with Gasteiger partial charge in [0.2, 0.25) is 5.91 Å². The number of nitrogens with one attached hydrogen (secondary N) is 1. The van der Waals surface area contributed by atoms with Crippen molar-refractivity contribution in [1.82, 2.24) is 14.5 Å². The number of nitrogens with zero attached hydrogens (tertiary/aromatic N) is 2. The third-order valence-corrected chi connectivity index (χ3v) is 4.49. The second-order valence-corrected chi connectivity index (χ2v) is 6.48. The predicted molar refractivity (Wildman–Crippen MR) is 109 cm³/mol. The fourth-order valence-corrected chi connectivity index (χ4v) is 3.06. The van der Waals surface area contributed by atoms with Crippen molar-refractivity contribution in [3.63, 3.8) is 0 Å². The Morgan fingerprint density at radius 3 is 2.55 bits per heavy atom. The average molecular weight is 395 g/mol. The second-order valence-electron chi connectivity index (χ2n) is 6.48. The maximum Gasteiger partial charge on any atom is 0.336 e. The number of hydrogen-bond donors (Lipinski definition) is 1. The third-order valence-electron chi connectivity index (χ3n) is 4.49.